The molecule has 1 aromatic carbocycles. The van der Waals surface area contributed by atoms with Gasteiger partial charge in [0.25, 0.3) is 5.91 Å². The second-order valence-corrected chi connectivity index (χ2v) is 8.19. The van der Waals surface area contributed by atoms with Crippen LogP contribution in [0.2, 0.25) is 0 Å². The van der Waals surface area contributed by atoms with Crippen LogP contribution >= 0.6 is 0 Å². The molecule has 0 aliphatic carbocycles. The van der Waals surface area contributed by atoms with E-state index in [4.69, 9.17) is 0 Å². The number of hydrogen-bond acceptors (Lipinski definition) is 6. The molecular weight excluding hydrogens is 451 g/mol. The number of alkyl halides is 3. The van der Waals surface area contributed by atoms with Crippen LogP contribution in [0.1, 0.15) is 10.4 Å². The topological polar surface area (TPSA) is 108 Å². The van der Waals surface area contributed by atoms with Gasteiger partial charge in [0.05, 0.1) is 18.1 Å². The Bertz CT molecular complexity index is 1410. The Balaban J connectivity index is 1.84. The fourth-order valence-corrected chi connectivity index (χ4v) is 3.37. The van der Waals surface area contributed by atoms with Gasteiger partial charge in [0, 0.05) is 36.1 Å². The first kappa shape index (κ1) is 21.4. The smallest absolute Gasteiger partial charge is 0.374 e. The molecule has 4 rings (SSSR count). The first-order valence-electron chi connectivity index (χ1n) is 8.93. The van der Waals surface area contributed by atoms with Gasteiger partial charge in [-0.25, -0.2) is 4.52 Å². The van der Waals surface area contributed by atoms with E-state index in [9.17, 15) is 26.4 Å². The van der Waals surface area contributed by atoms with E-state index in [0.717, 1.165) is 10.6 Å². The SMILES string of the molecule is Cn1cc(-c2cc(OS(=O)(=O)C(F)(F)F)c3c(NC(=O)c4ccccc4)cnn3c2)cn1. The zero-order valence-electron chi connectivity index (χ0n) is 16.2. The number of benzene rings is 1. The molecule has 0 aliphatic rings. The molecule has 32 heavy (non-hydrogen) atoms. The molecule has 3 aromatic heterocycles. The van der Waals surface area contributed by atoms with Crippen molar-refractivity contribution in [1.82, 2.24) is 19.4 Å². The number of carbonyl (C=O) groups excluding carboxylic acids is 1. The normalized spacial score (nSPS) is 12.1. The molecule has 0 bridgehead atoms. The highest BCUT2D eigenvalue weighted by Crippen LogP contribution is 2.36. The molecule has 1 amide bonds. The number of amides is 1. The number of halogens is 3. The lowest BCUT2D eigenvalue weighted by Crippen LogP contribution is -2.28. The summed E-state index contributed by atoms with van der Waals surface area (Å²) in [6.45, 7) is 0. The van der Waals surface area contributed by atoms with Crippen LogP contribution in [0.4, 0.5) is 18.9 Å². The molecule has 13 heteroatoms. The lowest BCUT2D eigenvalue weighted by atomic mass is 10.1. The van der Waals surface area contributed by atoms with Gasteiger partial charge in [0.15, 0.2) is 5.75 Å². The van der Waals surface area contributed by atoms with E-state index in [-0.39, 0.29) is 16.8 Å². The van der Waals surface area contributed by atoms with Crippen molar-refractivity contribution < 1.29 is 30.6 Å². The van der Waals surface area contributed by atoms with Gasteiger partial charge in [-0.15, -0.1) is 0 Å². The predicted molar refractivity (Wildman–Crippen MR) is 107 cm³/mol. The van der Waals surface area contributed by atoms with Gasteiger partial charge in [-0.05, 0) is 18.2 Å². The van der Waals surface area contributed by atoms with Crippen molar-refractivity contribution in [3.63, 3.8) is 0 Å². The predicted octanol–water partition coefficient (Wildman–Crippen LogP) is 3.22. The minimum absolute atomic E-state index is 0.0380. The Labute approximate surface area is 179 Å². The molecule has 3 heterocycles. The van der Waals surface area contributed by atoms with Gasteiger partial charge in [0.1, 0.15) is 5.52 Å². The summed E-state index contributed by atoms with van der Waals surface area (Å²) in [6.07, 6.45) is 5.63. The Morgan fingerprint density at radius 1 is 1.06 bits per heavy atom. The number of carbonyl (C=O) groups is 1. The Morgan fingerprint density at radius 3 is 2.41 bits per heavy atom. The summed E-state index contributed by atoms with van der Waals surface area (Å²) in [5.74, 6) is -1.23. The summed E-state index contributed by atoms with van der Waals surface area (Å²) in [7, 11) is -4.35. The molecular formula is C19H14F3N5O4S. The van der Waals surface area contributed by atoms with Gasteiger partial charge < -0.3 is 9.50 Å². The zero-order chi connectivity index (χ0) is 23.1. The Hall–Kier alpha value is -3.87. The summed E-state index contributed by atoms with van der Waals surface area (Å²) < 4.78 is 69.4. The van der Waals surface area contributed by atoms with E-state index in [2.05, 4.69) is 19.7 Å². The first-order chi connectivity index (χ1) is 15.0. The fourth-order valence-electron chi connectivity index (χ4n) is 2.92. The largest absolute Gasteiger partial charge is 0.534 e. The second-order valence-electron chi connectivity index (χ2n) is 6.65. The molecule has 0 atom stereocenters. The minimum atomic E-state index is -5.99. The van der Waals surface area contributed by atoms with Crippen molar-refractivity contribution in [2.24, 2.45) is 7.05 Å². The van der Waals surface area contributed by atoms with E-state index >= 15 is 0 Å². The van der Waals surface area contributed by atoms with Gasteiger partial charge >= 0.3 is 15.6 Å². The molecule has 166 valence electrons. The van der Waals surface area contributed by atoms with Crippen LogP contribution in [-0.4, -0.2) is 39.2 Å². The van der Waals surface area contributed by atoms with E-state index in [1.165, 1.54) is 35.4 Å². The standard InChI is InChI=1S/C19H14F3N5O4S/c1-26-10-14(8-23-26)13-7-16(31-32(29,30)19(20,21)22)17-15(9-24-27(17)11-13)25-18(28)12-5-3-2-4-6-12/h2-11H,1H3,(H,25,28). The first-order valence-corrected chi connectivity index (χ1v) is 10.3. The van der Waals surface area contributed by atoms with Crippen LogP contribution < -0.4 is 9.50 Å². The maximum absolute atomic E-state index is 13.0. The van der Waals surface area contributed by atoms with E-state index < -0.39 is 27.3 Å². The fraction of sp³-hybridized carbons (Fsp3) is 0.105. The highest BCUT2D eigenvalue weighted by atomic mass is 32.2. The molecule has 9 nitrogen and oxygen atoms in total. The van der Waals surface area contributed by atoms with Crippen LogP contribution in [0.25, 0.3) is 16.6 Å². The highest BCUT2D eigenvalue weighted by Gasteiger charge is 2.49. The zero-order valence-corrected chi connectivity index (χ0v) is 17.1. The summed E-state index contributed by atoms with van der Waals surface area (Å²) >= 11 is 0. The molecule has 0 radical (unpaired) electrons. The van der Waals surface area contributed by atoms with E-state index in [1.807, 2.05) is 0 Å². The third-order valence-corrected chi connectivity index (χ3v) is 5.35. The number of fused-ring (bicyclic) bond motifs is 1. The summed E-state index contributed by atoms with van der Waals surface area (Å²) in [5.41, 5.74) is -4.80. The number of nitrogens with one attached hydrogen (secondary N) is 1. The van der Waals surface area contributed by atoms with Crippen LogP contribution in [0.5, 0.6) is 5.75 Å². The van der Waals surface area contributed by atoms with E-state index in [0.29, 0.717) is 11.1 Å². The lowest BCUT2D eigenvalue weighted by molar-refractivity contribution is -0.0499. The molecule has 0 unspecified atom stereocenters. The maximum atomic E-state index is 13.0. The molecule has 0 fully saturated rings. The monoisotopic (exact) mass is 465 g/mol. The minimum Gasteiger partial charge on any atom is -0.374 e. The molecule has 0 saturated carbocycles. The number of nitrogens with zero attached hydrogens (tertiary/aromatic N) is 4. The Kier molecular flexibility index (Phi) is 5.12. The molecule has 0 spiro atoms. The van der Waals surface area contributed by atoms with Crippen molar-refractivity contribution in [3.05, 3.63) is 66.7 Å². The van der Waals surface area contributed by atoms with Gasteiger partial charge in [-0.3, -0.25) is 9.48 Å². The van der Waals surface area contributed by atoms with Gasteiger partial charge in [-0.2, -0.15) is 31.8 Å². The third-order valence-electron chi connectivity index (χ3n) is 4.38. The van der Waals surface area contributed by atoms with E-state index in [1.54, 1.807) is 31.4 Å². The number of aryl methyl sites for hydroxylation is 1. The number of rotatable bonds is 5. The second kappa shape index (κ2) is 7.67. The highest BCUT2D eigenvalue weighted by molar-refractivity contribution is 7.88. The van der Waals surface area contributed by atoms with Crippen LogP contribution in [0.3, 0.4) is 0 Å². The maximum Gasteiger partial charge on any atom is 0.534 e. The number of pyridine rings is 1. The van der Waals surface area contributed by atoms with Crippen molar-refractivity contribution >= 4 is 27.2 Å². The van der Waals surface area contributed by atoms with Crippen LogP contribution in [0, 0.1) is 0 Å². The molecule has 4 aromatic rings. The van der Waals surface area contributed by atoms with Crippen molar-refractivity contribution in [3.8, 4) is 16.9 Å². The summed E-state index contributed by atoms with van der Waals surface area (Å²) in [5, 5.41) is 10.5. The number of anilines is 1. The van der Waals surface area contributed by atoms with Crippen LogP contribution in [-0.2, 0) is 17.2 Å². The average molecular weight is 465 g/mol. The van der Waals surface area contributed by atoms with Gasteiger partial charge in [-0.1, -0.05) is 18.2 Å². The Morgan fingerprint density at radius 2 is 1.78 bits per heavy atom. The number of aromatic nitrogens is 4. The number of hydrogen-bond donors (Lipinski definition) is 1. The summed E-state index contributed by atoms with van der Waals surface area (Å²) in [6, 6.07) is 9.15. The van der Waals surface area contributed by atoms with Gasteiger partial charge in [0.2, 0.25) is 0 Å². The third kappa shape index (κ3) is 4.01. The van der Waals surface area contributed by atoms with Crippen molar-refractivity contribution in [2.45, 2.75) is 5.51 Å². The van der Waals surface area contributed by atoms with Crippen LogP contribution in [0.15, 0.2) is 61.2 Å². The van der Waals surface area contributed by atoms with Crippen molar-refractivity contribution in [1.29, 1.82) is 0 Å². The summed E-state index contributed by atoms with van der Waals surface area (Å²) in [4.78, 5) is 12.5. The van der Waals surface area contributed by atoms with Crippen molar-refractivity contribution in [2.75, 3.05) is 5.32 Å². The molecule has 1 N–H and O–H groups in total. The lowest BCUT2D eigenvalue weighted by Gasteiger charge is -2.13. The molecule has 0 saturated heterocycles. The average Bonchev–Trinajstić information content (AvgIpc) is 3.34. The molecule has 0 aliphatic heterocycles. The quantitative estimate of drug-likeness (QED) is 0.358.